The molecule has 0 saturated carbocycles. The summed E-state index contributed by atoms with van der Waals surface area (Å²) in [6.07, 6.45) is -2.60. The fourth-order valence-electron chi connectivity index (χ4n) is 5.58. The van der Waals surface area contributed by atoms with Gasteiger partial charge in [0.2, 0.25) is 5.91 Å². The lowest BCUT2D eigenvalue weighted by molar-refractivity contribution is -0.125. The highest BCUT2D eigenvalue weighted by Gasteiger charge is 2.43. The van der Waals surface area contributed by atoms with E-state index in [1.165, 1.54) is 45.8 Å². The van der Waals surface area contributed by atoms with Gasteiger partial charge in [-0.15, -0.1) is 0 Å². The maximum Gasteiger partial charge on any atom is 0.387 e. The molecule has 0 radical (unpaired) electrons. The third kappa shape index (κ3) is 5.65. The topological polar surface area (TPSA) is 96.8 Å². The first-order valence-electron chi connectivity index (χ1n) is 13.5. The highest BCUT2D eigenvalue weighted by Crippen LogP contribution is 2.36. The smallest absolute Gasteiger partial charge is 0.387 e. The summed E-state index contributed by atoms with van der Waals surface area (Å²) >= 11 is 5.89. The van der Waals surface area contributed by atoms with Crippen molar-refractivity contribution in [1.82, 2.24) is 24.9 Å². The first kappa shape index (κ1) is 30.3. The van der Waals surface area contributed by atoms with Gasteiger partial charge in [0.1, 0.15) is 17.5 Å². The number of likely N-dealkylation sites (N-methyl/N-ethyl adjacent to an activating group) is 1. The van der Waals surface area contributed by atoms with E-state index >= 15 is 0 Å². The Balaban J connectivity index is 1.50. The Morgan fingerprint density at radius 2 is 1.81 bits per heavy atom. The van der Waals surface area contributed by atoms with Crippen LogP contribution in [0.1, 0.15) is 75.6 Å². The molecule has 2 aromatic carbocycles. The van der Waals surface area contributed by atoms with Gasteiger partial charge in [-0.2, -0.15) is 13.9 Å². The first-order chi connectivity index (χ1) is 20.4. The third-order valence-corrected chi connectivity index (χ3v) is 8.26. The molecule has 2 aliphatic heterocycles. The van der Waals surface area contributed by atoms with Crippen molar-refractivity contribution in [3.8, 4) is 5.75 Å². The minimum atomic E-state index is -2.98. The number of nitrogens with zero attached hydrogens (tertiary/aromatic N) is 4. The normalized spacial score (nSPS) is 18.9. The molecule has 43 heavy (non-hydrogen) atoms. The molecule has 5 rings (SSSR count). The molecular formula is C29H28ClF4N5O4. The molecule has 14 heteroatoms. The molecule has 3 atom stereocenters. The zero-order chi connectivity index (χ0) is 31.2. The quantitative estimate of drug-likeness (QED) is 0.368. The van der Waals surface area contributed by atoms with Crippen LogP contribution in [0, 0.1) is 0 Å². The van der Waals surface area contributed by atoms with E-state index in [1.807, 2.05) is 0 Å². The van der Waals surface area contributed by atoms with Crippen molar-refractivity contribution >= 4 is 29.3 Å². The van der Waals surface area contributed by atoms with Crippen LogP contribution in [0.4, 0.5) is 17.6 Å². The van der Waals surface area contributed by atoms with Gasteiger partial charge in [0.05, 0.1) is 24.8 Å². The van der Waals surface area contributed by atoms with Crippen LogP contribution in [-0.4, -0.2) is 63.5 Å². The number of nitrogens with one attached hydrogen (secondary N) is 1. The monoisotopic (exact) mass is 621 g/mol. The summed E-state index contributed by atoms with van der Waals surface area (Å²) in [5.41, 5.74) is 1.36. The Hall–Kier alpha value is -4.13. The van der Waals surface area contributed by atoms with E-state index in [-0.39, 0.29) is 53.5 Å². The van der Waals surface area contributed by atoms with Crippen molar-refractivity contribution in [2.45, 2.75) is 58.0 Å². The van der Waals surface area contributed by atoms with Crippen molar-refractivity contribution in [3.05, 3.63) is 81.1 Å². The highest BCUT2D eigenvalue weighted by molar-refractivity contribution is 6.31. The average Bonchev–Trinajstić information content (AvgIpc) is 3.34. The molecule has 0 fully saturated rings. The second-order valence-corrected chi connectivity index (χ2v) is 10.9. The van der Waals surface area contributed by atoms with Gasteiger partial charge < -0.3 is 19.9 Å². The maximum absolute atomic E-state index is 14.0. The van der Waals surface area contributed by atoms with Crippen molar-refractivity contribution in [1.29, 1.82) is 0 Å². The van der Waals surface area contributed by atoms with Gasteiger partial charge in [0, 0.05) is 41.2 Å². The summed E-state index contributed by atoms with van der Waals surface area (Å²) in [5.74, 6) is -1.36. The van der Waals surface area contributed by atoms with Crippen molar-refractivity contribution in [2.24, 2.45) is 0 Å². The number of fused-ring (bicyclic) bond motifs is 3. The zero-order valence-electron chi connectivity index (χ0n) is 23.4. The first-order valence-corrected chi connectivity index (χ1v) is 13.8. The van der Waals surface area contributed by atoms with E-state index in [1.54, 1.807) is 26.0 Å². The van der Waals surface area contributed by atoms with E-state index in [0.29, 0.717) is 16.8 Å². The van der Waals surface area contributed by atoms with Crippen LogP contribution >= 0.6 is 11.6 Å². The van der Waals surface area contributed by atoms with E-state index in [2.05, 4.69) is 15.2 Å². The number of ether oxygens (including phenoxy) is 1. The number of carbonyl (C=O) groups is 3. The number of carbonyl (C=O) groups excluding carboxylic acids is 3. The zero-order valence-corrected chi connectivity index (χ0v) is 24.1. The summed E-state index contributed by atoms with van der Waals surface area (Å²) in [4.78, 5) is 43.6. The molecular weight excluding hydrogens is 594 g/mol. The largest absolute Gasteiger partial charge is 0.435 e. The molecule has 3 amide bonds. The molecule has 0 aliphatic carbocycles. The van der Waals surface area contributed by atoms with Crippen LogP contribution in [-0.2, 0) is 17.8 Å². The fourth-order valence-corrected chi connectivity index (χ4v) is 5.78. The lowest BCUT2D eigenvalue weighted by Crippen LogP contribution is -2.49. The molecule has 1 aromatic heterocycles. The number of hydrogen-bond donors (Lipinski definition) is 1. The van der Waals surface area contributed by atoms with Crippen LogP contribution in [0.15, 0.2) is 42.5 Å². The average molecular weight is 622 g/mol. The van der Waals surface area contributed by atoms with Gasteiger partial charge in [-0.05, 0) is 49.7 Å². The van der Waals surface area contributed by atoms with Crippen LogP contribution < -0.4 is 10.1 Å². The van der Waals surface area contributed by atoms with Gasteiger partial charge in [-0.3, -0.25) is 14.4 Å². The molecule has 0 spiro atoms. The van der Waals surface area contributed by atoms with Gasteiger partial charge in [0.25, 0.3) is 18.2 Å². The number of alkyl halides is 4. The molecule has 2 aliphatic rings. The predicted molar refractivity (Wildman–Crippen MR) is 147 cm³/mol. The lowest BCUT2D eigenvalue weighted by atomic mass is 9.96. The molecule has 9 nitrogen and oxygen atoms in total. The second kappa shape index (κ2) is 11.9. The SMILES string of the molecule is CNC(=O)[C@@H]1CN(C(C)c2ccc(OC(F)F)cc2)C(=O)c2c3c(nn21)C[C@@H](C)N(C(=O)c1ccc(Cl)c(C(F)F)c1)C3. The summed E-state index contributed by atoms with van der Waals surface area (Å²) in [6.45, 7) is 0.510. The van der Waals surface area contributed by atoms with Crippen LogP contribution in [0.25, 0.3) is 0 Å². The molecule has 3 heterocycles. The molecule has 1 N–H and O–H groups in total. The molecule has 0 bridgehead atoms. The van der Waals surface area contributed by atoms with Crippen LogP contribution in [0.5, 0.6) is 5.75 Å². The molecule has 3 aromatic rings. The Kier molecular flexibility index (Phi) is 8.37. The van der Waals surface area contributed by atoms with E-state index in [4.69, 9.17) is 11.6 Å². The van der Waals surface area contributed by atoms with Crippen molar-refractivity contribution in [2.75, 3.05) is 13.6 Å². The fraction of sp³-hybridized carbons (Fsp3) is 0.379. The van der Waals surface area contributed by atoms with E-state index < -0.39 is 42.5 Å². The Morgan fingerprint density at radius 3 is 2.44 bits per heavy atom. The minimum absolute atomic E-state index is 0.0120. The highest BCUT2D eigenvalue weighted by atomic mass is 35.5. The molecule has 0 saturated heterocycles. The van der Waals surface area contributed by atoms with E-state index in [0.717, 1.165) is 6.07 Å². The number of benzene rings is 2. The summed E-state index contributed by atoms with van der Waals surface area (Å²) in [5, 5.41) is 7.09. The molecule has 228 valence electrons. The van der Waals surface area contributed by atoms with Crippen LogP contribution in [0.3, 0.4) is 0 Å². The number of hydrogen-bond acceptors (Lipinski definition) is 5. The Morgan fingerprint density at radius 1 is 1.12 bits per heavy atom. The Bertz CT molecular complexity index is 1560. The number of rotatable bonds is 7. The summed E-state index contributed by atoms with van der Waals surface area (Å²) < 4.78 is 58.0. The van der Waals surface area contributed by atoms with Gasteiger partial charge in [-0.25, -0.2) is 13.5 Å². The van der Waals surface area contributed by atoms with Crippen LogP contribution in [0.2, 0.25) is 5.02 Å². The second-order valence-electron chi connectivity index (χ2n) is 10.5. The maximum atomic E-state index is 14.0. The third-order valence-electron chi connectivity index (χ3n) is 7.91. The lowest BCUT2D eigenvalue weighted by Gasteiger charge is -2.38. The van der Waals surface area contributed by atoms with Gasteiger partial charge in [-0.1, -0.05) is 23.7 Å². The number of amides is 3. The van der Waals surface area contributed by atoms with E-state index in [9.17, 15) is 31.9 Å². The van der Waals surface area contributed by atoms with Crippen molar-refractivity contribution in [3.63, 3.8) is 0 Å². The standard InChI is InChI=1S/C29H28ClF4N5O4/c1-14-10-22-20(12-37(14)27(41)17-6-9-21(30)19(11-17)25(31)32)24-28(42)38(13-23(26(40)35-3)39(24)36-22)15(2)16-4-7-18(8-5-16)43-29(33)34/h4-9,11,14-15,23,25,29H,10,12-13H2,1-3H3,(H,35,40)/t14-,15?,23+/m1/s1. The predicted octanol–water partition coefficient (Wildman–Crippen LogP) is 5.17. The summed E-state index contributed by atoms with van der Waals surface area (Å²) in [6, 6.07) is 7.73. The van der Waals surface area contributed by atoms with Gasteiger partial charge >= 0.3 is 6.61 Å². The van der Waals surface area contributed by atoms with Crippen molar-refractivity contribution < 1.29 is 36.7 Å². The minimum Gasteiger partial charge on any atom is -0.435 e. The Labute approximate surface area is 249 Å². The van der Waals surface area contributed by atoms with Gasteiger partial charge in [0.15, 0.2) is 0 Å². The summed E-state index contributed by atoms with van der Waals surface area (Å²) in [7, 11) is 1.47. The number of aromatic nitrogens is 2. The molecule has 1 unspecified atom stereocenters. The number of halogens is 5.